The summed E-state index contributed by atoms with van der Waals surface area (Å²) in [4.78, 5) is 30.1. The van der Waals surface area contributed by atoms with E-state index in [1.807, 2.05) is 16.5 Å². The molecule has 2 aliphatic heterocycles. The first-order valence-corrected chi connectivity index (χ1v) is 13.2. The molecule has 0 saturated carbocycles. The van der Waals surface area contributed by atoms with Crippen LogP contribution in [0.4, 0.5) is 11.6 Å². The number of pyridine rings is 1. The smallest absolute Gasteiger partial charge is 0.246 e. The normalized spacial score (nSPS) is 17.4. The van der Waals surface area contributed by atoms with Crippen molar-refractivity contribution in [3.8, 4) is 11.3 Å². The van der Waals surface area contributed by atoms with Gasteiger partial charge in [-0.25, -0.2) is 19.6 Å². The maximum absolute atomic E-state index is 12.3. The molecule has 2 aliphatic rings. The Morgan fingerprint density at radius 1 is 1.13 bits per heavy atom. The van der Waals surface area contributed by atoms with E-state index in [2.05, 4.69) is 57.8 Å². The minimum atomic E-state index is -0.0576. The Labute approximate surface area is 222 Å². The third-order valence-electron chi connectivity index (χ3n) is 7.62. The Bertz CT molecular complexity index is 1510. The summed E-state index contributed by atoms with van der Waals surface area (Å²) >= 11 is 0. The fourth-order valence-electron chi connectivity index (χ4n) is 5.69. The lowest BCUT2D eigenvalue weighted by atomic mass is 10.0. The van der Waals surface area contributed by atoms with Gasteiger partial charge in [0.1, 0.15) is 23.7 Å². The summed E-state index contributed by atoms with van der Waals surface area (Å²) in [7, 11) is 0. The van der Waals surface area contributed by atoms with E-state index < -0.39 is 0 Å². The van der Waals surface area contributed by atoms with E-state index in [1.165, 1.54) is 23.5 Å². The lowest BCUT2D eigenvalue weighted by Crippen LogP contribution is -2.40. The molecular weight excluding hydrogens is 476 g/mol. The Morgan fingerprint density at radius 2 is 1.97 bits per heavy atom. The Morgan fingerprint density at radius 3 is 2.79 bits per heavy atom. The van der Waals surface area contributed by atoms with Crippen LogP contribution in [0.1, 0.15) is 42.1 Å². The maximum atomic E-state index is 12.3. The van der Waals surface area contributed by atoms with Crippen LogP contribution in [0.5, 0.6) is 0 Å². The van der Waals surface area contributed by atoms with Crippen molar-refractivity contribution in [3.05, 3.63) is 72.2 Å². The van der Waals surface area contributed by atoms with Crippen molar-refractivity contribution in [3.63, 3.8) is 0 Å². The summed E-state index contributed by atoms with van der Waals surface area (Å²) in [5.41, 5.74) is 12.3. The summed E-state index contributed by atoms with van der Waals surface area (Å²) in [6.45, 7) is 8.78. The number of anilines is 2. The average molecular weight is 509 g/mol. The topological polar surface area (TPSA) is 106 Å². The van der Waals surface area contributed by atoms with Crippen molar-refractivity contribution in [1.82, 2.24) is 29.6 Å². The fraction of sp³-hybridized carbons (Fsp3) is 0.345. The summed E-state index contributed by atoms with van der Waals surface area (Å²) in [6.07, 6.45) is 6.86. The van der Waals surface area contributed by atoms with Gasteiger partial charge in [0.05, 0.1) is 11.4 Å². The number of aryl methyl sites for hydroxylation is 2. The zero-order valence-electron chi connectivity index (χ0n) is 21.7. The lowest BCUT2D eigenvalue weighted by Gasteiger charge is -2.32. The number of hydrogen-bond acceptors (Lipinski definition) is 7. The van der Waals surface area contributed by atoms with Gasteiger partial charge < -0.3 is 15.5 Å². The number of piperidine rings is 1. The molecule has 2 N–H and O–H groups in total. The van der Waals surface area contributed by atoms with Crippen LogP contribution in [0.2, 0.25) is 0 Å². The molecule has 9 heteroatoms. The first-order chi connectivity index (χ1) is 18.5. The predicted molar refractivity (Wildman–Crippen MR) is 149 cm³/mol. The SMILES string of the molecule is C=CC(=O)N1CCCC(n2nc(-c3ccc(CN4CCCc5ccc(C)nc54)cc3)c3c(N)ncnc32)C1. The number of nitrogen functional groups attached to an aromatic ring is 1. The highest BCUT2D eigenvalue weighted by molar-refractivity contribution is 5.98. The number of carbonyl (C=O) groups is 1. The Kier molecular flexibility index (Phi) is 6.27. The average Bonchev–Trinajstić information content (AvgIpc) is 3.34. The summed E-state index contributed by atoms with van der Waals surface area (Å²) < 4.78 is 1.93. The first kappa shape index (κ1) is 24.1. The number of nitrogens with two attached hydrogens (primary N) is 1. The molecule has 0 bridgehead atoms. The number of nitrogens with zero attached hydrogens (tertiary/aromatic N) is 7. The first-order valence-electron chi connectivity index (χ1n) is 13.2. The molecule has 1 saturated heterocycles. The number of rotatable bonds is 5. The van der Waals surface area contributed by atoms with Crippen molar-refractivity contribution < 1.29 is 4.79 Å². The quantitative estimate of drug-likeness (QED) is 0.405. The van der Waals surface area contributed by atoms with E-state index in [0.29, 0.717) is 18.0 Å². The number of amides is 1. The molecule has 6 rings (SSSR count). The highest BCUT2D eigenvalue weighted by Crippen LogP contribution is 2.34. The summed E-state index contributed by atoms with van der Waals surface area (Å²) in [6, 6.07) is 12.8. The molecule has 194 valence electrons. The monoisotopic (exact) mass is 508 g/mol. The van der Waals surface area contributed by atoms with Crippen LogP contribution in [-0.2, 0) is 17.8 Å². The molecule has 38 heavy (non-hydrogen) atoms. The maximum Gasteiger partial charge on any atom is 0.246 e. The van der Waals surface area contributed by atoms with Gasteiger partial charge in [-0.05, 0) is 55.9 Å². The van der Waals surface area contributed by atoms with Gasteiger partial charge in [0.15, 0.2) is 5.65 Å². The van der Waals surface area contributed by atoms with E-state index in [-0.39, 0.29) is 11.9 Å². The molecule has 0 spiro atoms. The Balaban J connectivity index is 1.30. The zero-order valence-corrected chi connectivity index (χ0v) is 21.7. The van der Waals surface area contributed by atoms with Crippen LogP contribution < -0.4 is 10.6 Å². The molecule has 1 aromatic carbocycles. The molecule has 1 unspecified atom stereocenters. The molecule has 4 aromatic rings. The summed E-state index contributed by atoms with van der Waals surface area (Å²) in [5.74, 6) is 1.45. The van der Waals surface area contributed by atoms with Crippen LogP contribution in [-0.4, -0.2) is 55.2 Å². The van der Waals surface area contributed by atoms with Gasteiger partial charge in [0, 0.05) is 37.4 Å². The number of aromatic nitrogens is 5. The predicted octanol–water partition coefficient (Wildman–Crippen LogP) is 4.08. The van der Waals surface area contributed by atoms with Gasteiger partial charge in [0.25, 0.3) is 0 Å². The molecule has 5 heterocycles. The van der Waals surface area contributed by atoms with Gasteiger partial charge in [-0.15, -0.1) is 0 Å². The van der Waals surface area contributed by atoms with Gasteiger partial charge in [-0.3, -0.25) is 4.79 Å². The number of hydrogen-bond donors (Lipinski definition) is 1. The highest BCUT2D eigenvalue weighted by Gasteiger charge is 2.28. The Hall–Kier alpha value is -4.27. The van der Waals surface area contributed by atoms with Crippen molar-refractivity contribution in [1.29, 1.82) is 0 Å². The van der Waals surface area contributed by atoms with Crippen molar-refractivity contribution in [2.45, 2.75) is 45.2 Å². The number of likely N-dealkylation sites (tertiary alicyclic amines) is 1. The largest absolute Gasteiger partial charge is 0.383 e. The second-order valence-electron chi connectivity index (χ2n) is 10.2. The third kappa shape index (κ3) is 4.38. The number of fused-ring (bicyclic) bond motifs is 2. The standard InChI is InChI=1S/C29H32N8O/c1-3-24(38)35-14-5-7-23(17-35)37-29-25(27(30)31-18-32-29)26(34-37)21-12-9-20(10-13-21)16-36-15-4-6-22-11-8-19(2)33-28(22)36/h3,8-13,18,23H,1,4-7,14-17H2,2H3,(H2,30,31,32). The van der Waals surface area contributed by atoms with Crippen LogP contribution in [0.15, 0.2) is 55.4 Å². The van der Waals surface area contributed by atoms with E-state index in [9.17, 15) is 4.79 Å². The van der Waals surface area contributed by atoms with Gasteiger partial charge >= 0.3 is 0 Å². The van der Waals surface area contributed by atoms with E-state index in [4.69, 9.17) is 15.8 Å². The molecule has 0 aliphatic carbocycles. The zero-order chi connectivity index (χ0) is 26.2. The molecule has 1 fully saturated rings. The minimum absolute atomic E-state index is 0.00704. The minimum Gasteiger partial charge on any atom is -0.383 e. The van der Waals surface area contributed by atoms with Gasteiger partial charge in [-0.1, -0.05) is 36.9 Å². The van der Waals surface area contributed by atoms with Gasteiger partial charge in [-0.2, -0.15) is 5.10 Å². The summed E-state index contributed by atoms with van der Waals surface area (Å²) in [5, 5.41) is 5.75. The van der Waals surface area contributed by atoms with Crippen molar-refractivity contribution in [2.24, 2.45) is 0 Å². The van der Waals surface area contributed by atoms with Crippen LogP contribution in [0.25, 0.3) is 22.3 Å². The van der Waals surface area contributed by atoms with E-state index >= 15 is 0 Å². The fourth-order valence-corrected chi connectivity index (χ4v) is 5.69. The highest BCUT2D eigenvalue weighted by atomic mass is 16.2. The molecule has 3 aromatic heterocycles. The second kappa shape index (κ2) is 9.89. The molecule has 9 nitrogen and oxygen atoms in total. The van der Waals surface area contributed by atoms with Crippen molar-refractivity contribution in [2.75, 3.05) is 30.3 Å². The van der Waals surface area contributed by atoms with Crippen LogP contribution >= 0.6 is 0 Å². The molecule has 1 atom stereocenters. The second-order valence-corrected chi connectivity index (χ2v) is 10.2. The molecule has 0 radical (unpaired) electrons. The lowest BCUT2D eigenvalue weighted by molar-refractivity contribution is -0.127. The number of carbonyl (C=O) groups excluding carboxylic acids is 1. The van der Waals surface area contributed by atoms with E-state index in [1.54, 1.807) is 0 Å². The van der Waals surface area contributed by atoms with Crippen molar-refractivity contribution >= 4 is 28.6 Å². The van der Waals surface area contributed by atoms with Crippen LogP contribution in [0.3, 0.4) is 0 Å². The molecular formula is C29H32N8O. The van der Waals surface area contributed by atoms with E-state index in [0.717, 1.165) is 73.5 Å². The van der Waals surface area contributed by atoms with Crippen LogP contribution in [0, 0.1) is 6.92 Å². The van der Waals surface area contributed by atoms with Gasteiger partial charge in [0.2, 0.25) is 5.91 Å². The third-order valence-corrected chi connectivity index (χ3v) is 7.62. The number of benzene rings is 1. The molecule has 1 amide bonds.